The summed E-state index contributed by atoms with van der Waals surface area (Å²) in [7, 11) is 0. The number of benzene rings is 2. The summed E-state index contributed by atoms with van der Waals surface area (Å²) in [6.45, 7) is 1.74. The standard InChI is InChI=1S/C23H14Cl2N2O2S/c1-14-21(23(28)29)26-27(19-11-8-16(24)13-18(19)25)22(14)20-12-10-17(30-20)9-7-15-5-3-2-4-6-15/h2-6,8,10-13H,1H3,(H,28,29). The first-order valence-corrected chi connectivity index (χ1v) is 10.5. The molecule has 2 heterocycles. The molecule has 30 heavy (non-hydrogen) atoms. The molecule has 0 saturated heterocycles. The van der Waals surface area contributed by atoms with Gasteiger partial charge < -0.3 is 5.11 Å². The average Bonchev–Trinajstić information content (AvgIpc) is 3.31. The van der Waals surface area contributed by atoms with Crippen LogP contribution in [0.3, 0.4) is 0 Å². The van der Waals surface area contributed by atoms with Gasteiger partial charge in [-0.15, -0.1) is 11.3 Å². The highest BCUT2D eigenvalue weighted by Crippen LogP contribution is 2.36. The van der Waals surface area contributed by atoms with Crippen LogP contribution < -0.4 is 0 Å². The van der Waals surface area contributed by atoms with Gasteiger partial charge in [-0.05, 0) is 49.4 Å². The molecule has 0 aliphatic heterocycles. The highest BCUT2D eigenvalue weighted by molar-refractivity contribution is 7.16. The fourth-order valence-electron chi connectivity index (χ4n) is 3.00. The Morgan fingerprint density at radius 2 is 1.83 bits per heavy atom. The van der Waals surface area contributed by atoms with Crippen molar-refractivity contribution in [2.24, 2.45) is 0 Å². The number of carbonyl (C=O) groups is 1. The van der Waals surface area contributed by atoms with Gasteiger partial charge in [-0.3, -0.25) is 0 Å². The molecular formula is C23H14Cl2N2O2S. The van der Waals surface area contributed by atoms with Crippen molar-refractivity contribution in [3.63, 3.8) is 0 Å². The smallest absolute Gasteiger partial charge is 0.356 e. The van der Waals surface area contributed by atoms with Crippen molar-refractivity contribution >= 4 is 40.5 Å². The molecule has 4 aromatic rings. The lowest BCUT2D eigenvalue weighted by atomic mass is 10.1. The van der Waals surface area contributed by atoms with Crippen LogP contribution in [0.25, 0.3) is 16.3 Å². The summed E-state index contributed by atoms with van der Waals surface area (Å²) >= 11 is 13.9. The van der Waals surface area contributed by atoms with Gasteiger partial charge in [0.2, 0.25) is 0 Å². The van der Waals surface area contributed by atoms with E-state index in [0.717, 1.165) is 15.3 Å². The van der Waals surface area contributed by atoms with Crippen LogP contribution in [0.4, 0.5) is 0 Å². The average molecular weight is 453 g/mol. The number of nitrogens with zero attached hydrogens (tertiary/aromatic N) is 2. The topological polar surface area (TPSA) is 55.1 Å². The van der Waals surface area contributed by atoms with Crippen molar-refractivity contribution in [1.82, 2.24) is 9.78 Å². The van der Waals surface area contributed by atoms with E-state index in [1.165, 1.54) is 11.3 Å². The monoisotopic (exact) mass is 452 g/mol. The summed E-state index contributed by atoms with van der Waals surface area (Å²) in [6.07, 6.45) is 0. The summed E-state index contributed by atoms with van der Waals surface area (Å²) in [5, 5.41) is 14.8. The van der Waals surface area contributed by atoms with E-state index >= 15 is 0 Å². The molecule has 4 rings (SSSR count). The van der Waals surface area contributed by atoms with E-state index < -0.39 is 5.97 Å². The first-order chi connectivity index (χ1) is 14.4. The number of thiophene rings is 1. The molecule has 0 saturated carbocycles. The number of hydrogen-bond acceptors (Lipinski definition) is 3. The van der Waals surface area contributed by atoms with E-state index in [-0.39, 0.29) is 5.69 Å². The van der Waals surface area contributed by atoms with E-state index in [9.17, 15) is 9.90 Å². The maximum absolute atomic E-state index is 11.7. The Morgan fingerprint density at radius 1 is 1.07 bits per heavy atom. The molecule has 148 valence electrons. The molecule has 0 amide bonds. The molecule has 0 aliphatic rings. The molecule has 0 spiro atoms. The van der Waals surface area contributed by atoms with Gasteiger partial charge in [-0.2, -0.15) is 5.10 Å². The van der Waals surface area contributed by atoms with Crippen LogP contribution in [0.5, 0.6) is 0 Å². The van der Waals surface area contributed by atoms with E-state index in [1.54, 1.807) is 29.8 Å². The molecule has 0 aliphatic carbocycles. The lowest BCUT2D eigenvalue weighted by Gasteiger charge is -2.09. The molecule has 0 bridgehead atoms. The predicted molar refractivity (Wildman–Crippen MR) is 121 cm³/mol. The number of rotatable bonds is 3. The van der Waals surface area contributed by atoms with E-state index in [2.05, 4.69) is 16.9 Å². The Bertz CT molecular complexity index is 1310. The molecule has 4 nitrogen and oxygen atoms in total. The molecule has 2 aromatic carbocycles. The SMILES string of the molecule is Cc1c(C(=O)O)nn(-c2ccc(Cl)cc2Cl)c1-c1ccc(C#Cc2ccccc2)s1. The summed E-state index contributed by atoms with van der Waals surface area (Å²) in [6, 6.07) is 18.6. The molecule has 2 aromatic heterocycles. The molecule has 0 radical (unpaired) electrons. The third-order valence-electron chi connectivity index (χ3n) is 4.41. The Kier molecular flexibility index (Phi) is 5.65. The number of halogens is 2. The Balaban J connectivity index is 1.82. The lowest BCUT2D eigenvalue weighted by Crippen LogP contribution is -2.02. The van der Waals surface area contributed by atoms with Crippen LogP contribution >= 0.6 is 34.5 Å². The zero-order chi connectivity index (χ0) is 21.3. The Labute approximate surface area is 187 Å². The second-order valence-electron chi connectivity index (χ2n) is 6.41. The number of aromatic carboxylic acids is 1. The van der Waals surface area contributed by atoms with Crippen LogP contribution in [0.2, 0.25) is 10.0 Å². The third kappa shape index (κ3) is 3.99. The largest absolute Gasteiger partial charge is 0.476 e. The normalized spacial score (nSPS) is 10.5. The Hall–Kier alpha value is -3.04. The molecule has 1 N–H and O–H groups in total. The Morgan fingerprint density at radius 3 is 2.53 bits per heavy atom. The van der Waals surface area contributed by atoms with Gasteiger partial charge in [0, 0.05) is 16.1 Å². The number of hydrogen-bond donors (Lipinski definition) is 1. The van der Waals surface area contributed by atoms with Gasteiger partial charge in [0.05, 0.1) is 26.2 Å². The third-order valence-corrected chi connectivity index (χ3v) is 5.95. The van der Waals surface area contributed by atoms with Gasteiger partial charge in [0.15, 0.2) is 5.69 Å². The van der Waals surface area contributed by atoms with Gasteiger partial charge in [0.1, 0.15) is 0 Å². The van der Waals surface area contributed by atoms with Gasteiger partial charge >= 0.3 is 5.97 Å². The summed E-state index contributed by atoms with van der Waals surface area (Å²) < 4.78 is 1.55. The zero-order valence-electron chi connectivity index (χ0n) is 15.7. The van der Waals surface area contributed by atoms with Crippen molar-refractivity contribution < 1.29 is 9.90 Å². The zero-order valence-corrected chi connectivity index (χ0v) is 18.0. The number of carboxylic acid groups (broad SMARTS) is 1. The minimum absolute atomic E-state index is 0.0265. The molecule has 0 atom stereocenters. The van der Waals surface area contributed by atoms with Gasteiger partial charge in [-0.1, -0.05) is 53.2 Å². The van der Waals surface area contributed by atoms with E-state index in [0.29, 0.717) is 27.0 Å². The number of carboxylic acids is 1. The minimum Gasteiger partial charge on any atom is -0.476 e. The second-order valence-corrected chi connectivity index (χ2v) is 8.34. The van der Waals surface area contributed by atoms with Crippen LogP contribution in [0.1, 0.15) is 26.5 Å². The van der Waals surface area contributed by atoms with Crippen molar-refractivity contribution in [2.75, 3.05) is 0 Å². The second kappa shape index (κ2) is 8.37. The fourth-order valence-corrected chi connectivity index (χ4v) is 4.44. The van der Waals surface area contributed by atoms with Crippen molar-refractivity contribution in [3.05, 3.63) is 92.4 Å². The van der Waals surface area contributed by atoms with Crippen LogP contribution in [-0.4, -0.2) is 20.9 Å². The first kappa shape index (κ1) is 20.2. The van der Waals surface area contributed by atoms with Crippen LogP contribution in [0.15, 0.2) is 60.7 Å². The molecule has 7 heteroatoms. The summed E-state index contributed by atoms with van der Waals surface area (Å²) in [5.74, 6) is 5.19. The van der Waals surface area contributed by atoms with E-state index in [1.807, 2.05) is 42.5 Å². The van der Waals surface area contributed by atoms with Gasteiger partial charge in [-0.25, -0.2) is 9.48 Å². The van der Waals surface area contributed by atoms with Crippen LogP contribution in [0, 0.1) is 18.8 Å². The molecular weight excluding hydrogens is 439 g/mol. The number of aromatic nitrogens is 2. The highest BCUT2D eigenvalue weighted by Gasteiger charge is 2.23. The lowest BCUT2D eigenvalue weighted by molar-refractivity contribution is 0.0689. The quantitative estimate of drug-likeness (QED) is 0.370. The maximum Gasteiger partial charge on any atom is 0.356 e. The fraction of sp³-hybridized carbons (Fsp3) is 0.0435. The summed E-state index contributed by atoms with van der Waals surface area (Å²) in [4.78, 5) is 13.4. The van der Waals surface area contributed by atoms with Crippen molar-refractivity contribution in [1.29, 1.82) is 0 Å². The van der Waals surface area contributed by atoms with E-state index in [4.69, 9.17) is 23.2 Å². The molecule has 0 fully saturated rings. The summed E-state index contributed by atoms with van der Waals surface area (Å²) in [5.41, 5.74) is 2.67. The van der Waals surface area contributed by atoms with Gasteiger partial charge in [0.25, 0.3) is 0 Å². The predicted octanol–water partition coefficient (Wildman–Crippen LogP) is 6.31. The first-order valence-electron chi connectivity index (χ1n) is 8.89. The van der Waals surface area contributed by atoms with Crippen molar-refractivity contribution in [2.45, 2.75) is 6.92 Å². The molecule has 0 unspecified atom stereocenters. The highest BCUT2D eigenvalue weighted by atomic mass is 35.5. The van der Waals surface area contributed by atoms with Crippen molar-refractivity contribution in [3.8, 4) is 28.1 Å². The minimum atomic E-state index is -1.10. The van der Waals surface area contributed by atoms with Crippen LogP contribution in [-0.2, 0) is 0 Å². The maximum atomic E-state index is 11.7.